The molecule has 0 spiro atoms. The highest BCUT2D eigenvalue weighted by molar-refractivity contribution is 7.99. The highest BCUT2D eigenvalue weighted by Gasteiger charge is 2.50. The second-order valence-corrected chi connectivity index (χ2v) is 6.39. The maximum Gasteiger partial charge on any atom is 0.457 e. The molecule has 5 heteroatoms. The molecule has 0 amide bonds. The third-order valence-corrected chi connectivity index (χ3v) is 4.31. The topological polar surface area (TPSA) is 38.7 Å². The Morgan fingerprint density at radius 2 is 1.62 bits per heavy atom. The highest BCUT2D eigenvalue weighted by Crippen LogP contribution is 2.37. The van der Waals surface area contributed by atoms with Gasteiger partial charge in [-0.25, -0.2) is 0 Å². The molecule has 0 aromatic heterocycles. The van der Waals surface area contributed by atoms with E-state index in [9.17, 15) is 0 Å². The molecule has 1 aliphatic heterocycles. The molecule has 1 saturated heterocycles. The predicted octanol–water partition coefficient (Wildman–Crippen LogP) is 2.19. The predicted molar refractivity (Wildman–Crippen MR) is 69.9 cm³/mol. The van der Waals surface area contributed by atoms with Crippen LogP contribution in [-0.4, -0.2) is 41.5 Å². The molecule has 1 N–H and O–H groups in total. The molecule has 1 fully saturated rings. The van der Waals surface area contributed by atoms with Gasteiger partial charge in [0.1, 0.15) is 0 Å². The van der Waals surface area contributed by atoms with E-state index in [4.69, 9.17) is 14.4 Å². The minimum Gasteiger partial charge on any atom is -0.403 e. The molecule has 0 bridgehead atoms. The fourth-order valence-electron chi connectivity index (χ4n) is 1.60. The third-order valence-electron chi connectivity index (χ3n) is 3.27. The molecule has 94 valence electrons. The van der Waals surface area contributed by atoms with Gasteiger partial charge in [-0.05, 0) is 46.2 Å². The van der Waals surface area contributed by atoms with E-state index in [0.29, 0.717) is 0 Å². The molecule has 0 saturated carbocycles. The Bertz CT molecular complexity index is 205. The maximum absolute atomic E-state index is 8.64. The average molecular weight is 246 g/mol. The van der Waals surface area contributed by atoms with E-state index in [1.807, 2.05) is 0 Å². The summed E-state index contributed by atoms with van der Waals surface area (Å²) in [5, 5.41) is 8.64. The second-order valence-electron chi connectivity index (χ2n) is 5.16. The Balaban J connectivity index is 2.21. The first-order valence-electron chi connectivity index (χ1n) is 5.93. The third kappa shape index (κ3) is 3.65. The lowest BCUT2D eigenvalue weighted by molar-refractivity contribution is 0.00578. The van der Waals surface area contributed by atoms with E-state index in [0.717, 1.165) is 24.2 Å². The van der Waals surface area contributed by atoms with Gasteiger partial charge in [0.2, 0.25) is 0 Å². The summed E-state index contributed by atoms with van der Waals surface area (Å²) in [6.07, 6.45) is 2.01. The van der Waals surface area contributed by atoms with Gasteiger partial charge in [0.15, 0.2) is 0 Å². The van der Waals surface area contributed by atoms with Gasteiger partial charge in [-0.15, -0.1) is 0 Å². The van der Waals surface area contributed by atoms with Crippen molar-refractivity contribution in [3.05, 3.63) is 0 Å². The van der Waals surface area contributed by atoms with Crippen LogP contribution in [0, 0.1) is 0 Å². The van der Waals surface area contributed by atoms with Crippen LogP contribution >= 0.6 is 11.8 Å². The van der Waals surface area contributed by atoms with Gasteiger partial charge in [0, 0.05) is 5.75 Å². The van der Waals surface area contributed by atoms with E-state index >= 15 is 0 Å². The van der Waals surface area contributed by atoms with Crippen LogP contribution in [0.1, 0.15) is 34.1 Å². The lowest BCUT2D eigenvalue weighted by atomic mass is 9.83. The van der Waals surface area contributed by atoms with Crippen LogP contribution in [0.15, 0.2) is 0 Å². The summed E-state index contributed by atoms with van der Waals surface area (Å²) in [6.45, 7) is 8.57. The van der Waals surface area contributed by atoms with Crippen LogP contribution in [-0.2, 0) is 9.31 Å². The summed E-state index contributed by atoms with van der Waals surface area (Å²) in [5.74, 6) is 1.88. The van der Waals surface area contributed by atoms with Crippen LogP contribution < -0.4 is 0 Å². The second kappa shape index (κ2) is 5.76. The Morgan fingerprint density at radius 3 is 2.12 bits per heavy atom. The lowest BCUT2D eigenvalue weighted by Gasteiger charge is -2.32. The highest BCUT2D eigenvalue weighted by atomic mass is 32.2. The zero-order valence-electron chi connectivity index (χ0n) is 10.8. The van der Waals surface area contributed by atoms with Crippen molar-refractivity contribution in [3.8, 4) is 0 Å². The smallest absolute Gasteiger partial charge is 0.403 e. The number of aliphatic hydroxyl groups excluding tert-OH is 1. The standard InChI is InChI=1S/C11H23BO3S/c1-10(2)11(3,4)15-12(14-10)6-5-8-16-9-7-13/h13H,5-9H2,1-4H3. The zero-order valence-corrected chi connectivity index (χ0v) is 11.6. The fraction of sp³-hybridized carbons (Fsp3) is 1.00. The SMILES string of the molecule is CC1(C)OB(CCCSCCO)OC1(C)C. The molecule has 1 rings (SSSR count). The van der Waals surface area contributed by atoms with Crippen molar-refractivity contribution in [1.82, 2.24) is 0 Å². The first-order valence-corrected chi connectivity index (χ1v) is 7.09. The molecule has 16 heavy (non-hydrogen) atoms. The van der Waals surface area contributed by atoms with Gasteiger partial charge >= 0.3 is 7.12 Å². The van der Waals surface area contributed by atoms with Crippen LogP contribution in [0.4, 0.5) is 0 Å². The van der Waals surface area contributed by atoms with E-state index in [-0.39, 0.29) is 24.9 Å². The number of hydrogen-bond acceptors (Lipinski definition) is 4. The van der Waals surface area contributed by atoms with Crippen LogP contribution in [0.5, 0.6) is 0 Å². The molecule has 0 aromatic rings. The normalized spacial score (nSPS) is 22.7. The minimum absolute atomic E-state index is 0.0697. The summed E-state index contributed by atoms with van der Waals surface area (Å²) in [7, 11) is -0.0697. The van der Waals surface area contributed by atoms with Crippen molar-refractivity contribution in [1.29, 1.82) is 0 Å². The Morgan fingerprint density at radius 1 is 1.06 bits per heavy atom. The first kappa shape index (κ1) is 14.4. The molecule has 3 nitrogen and oxygen atoms in total. The molecule has 0 radical (unpaired) electrons. The molecule has 0 atom stereocenters. The molecule has 1 aliphatic rings. The van der Waals surface area contributed by atoms with Crippen LogP contribution in [0.2, 0.25) is 6.32 Å². The summed E-state index contributed by atoms with van der Waals surface area (Å²) in [6, 6.07) is 0. The average Bonchev–Trinajstić information content (AvgIpc) is 2.35. The van der Waals surface area contributed by atoms with Crippen LogP contribution in [0.25, 0.3) is 0 Å². The van der Waals surface area contributed by atoms with Crippen molar-refractivity contribution >= 4 is 18.9 Å². The summed E-state index contributed by atoms with van der Waals surface area (Å²) < 4.78 is 11.8. The van der Waals surface area contributed by atoms with Gasteiger partial charge < -0.3 is 14.4 Å². The molecule has 0 aliphatic carbocycles. The van der Waals surface area contributed by atoms with Crippen molar-refractivity contribution in [2.24, 2.45) is 0 Å². The van der Waals surface area contributed by atoms with E-state index in [1.165, 1.54) is 0 Å². The molecule has 0 unspecified atom stereocenters. The minimum atomic E-state index is -0.212. The molecule has 0 aromatic carbocycles. The van der Waals surface area contributed by atoms with Gasteiger partial charge in [-0.3, -0.25) is 0 Å². The Hall–Kier alpha value is 0.295. The molecule has 1 heterocycles. The van der Waals surface area contributed by atoms with E-state index in [2.05, 4.69) is 27.7 Å². The van der Waals surface area contributed by atoms with Gasteiger partial charge in [-0.2, -0.15) is 11.8 Å². The number of aliphatic hydroxyl groups is 1. The van der Waals surface area contributed by atoms with Crippen molar-refractivity contribution < 1.29 is 14.4 Å². The van der Waals surface area contributed by atoms with E-state index in [1.54, 1.807) is 11.8 Å². The quantitative estimate of drug-likeness (QED) is 0.576. The lowest BCUT2D eigenvalue weighted by Crippen LogP contribution is -2.41. The van der Waals surface area contributed by atoms with Crippen LogP contribution in [0.3, 0.4) is 0 Å². The number of rotatable bonds is 6. The first-order chi connectivity index (χ1) is 7.39. The van der Waals surface area contributed by atoms with Gasteiger partial charge in [0.05, 0.1) is 17.8 Å². The monoisotopic (exact) mass is 246 g/mol. The van der Waals surface area contributed by atoms with E-state index < -0.39 is 0 Å². The van der Waals surface area contributed by atoms with Crippen molar-refractivity contribution in [3.63, 3.8) is 0 Å². The fourth-order valence-corrected chi connectivity index (χ4v) is 2.31. The Labute approximate surface area is 103 Å². The number of thioether (sulfide) groups is 1. The summed E-state index contributed by atoms with van der Waals surface area (Å²) in [5.41, 5.74) is -0.425. The van der Waals surface area contributed by atoms with Crippen molar-refractivity contribution in [2.75, 3.05) is 18.1 Å². The summed E-state index contributed by atoms with van der Waals surface area (Å²) >= 11 is 1.78. The maximum atomic E-state index is 8.64. The Kier molecular flexibility index (Phi) is 5.17. The largest absolute Gasteiger partial charge is 0.457 e. The van der Waals surface area contributed by atoms with Crippen molar-refractivity contribution in [2.45, 2.75) is 51.6 Å². The van der Waals surface area contributed by atoms with Gasteiger partial charge in [-0.1, -0.05) is 0 Å². The number of hydrogen-bond donors (Lipinski definition) is 1. The summed E-state index contributed by atoms with van der Waals surface area (Å²) in [4.78, 5) is 0. The molecular formula is C11H23BO3S. The molecular weight excluding hydrogens is 223 g/mol. The zero-order chi connectivity index (χ0) is 12.2. The van der Waals surface area contributed by atoms with Gasteiger partial charge in [0.25, 0.3) is 0 Å².